The molecule has 144 valence electrons. The lowest BCUT2D eigenvalue weighted by Gasteiger charge is -2.08. The summed E-state index contributed by atoms with van der Waals surface area (Å²) in [5, 5.41) is 32.1. The first-order valence-corrected chi connectivity index (χ1v) is 9.40. The minimum atomic E-state index is -0.0215. The number of rotatable bonds is 5. The Bertz CT molecular complexity index is 842. The topological polar surface area (TPSA) is 83.6 Å². The van der Waals surface area contributed by atoms with Gasteiger partial charge in [-0.3, -0.25) is 0 Å². The van der Waals surface area contributed by atoms with Crippen LogP contribution in [0, 0.1) is 0 Å². The van der Waals surface area contributed by atoms with Crippen molar-refractivity contribution < 1.29 is 19.7 Å². The van der Waals surface area contributed by atoms with Crippen molar-refractivity contribution in [3.63, 3.8) is 0 Å². The smallest absolute Gasteiger partial charge is 0.152 e. The van der Waals surface area contributed by atoms with Crippen LogP contribution in [-0.2, 0) is 9.37 Å². The van der Waals surface area contributed by atoms with E-state index in [-0.39, 0.29) is 11.4 Å². The van der Waals surface area contributed by atoms with Gasteiger partial charge in [0, 0.05) is 5.39 Å². The number of hydrogen-bond donors (Lipinski definition) is 2. The van der Waals surface area contributed by atoms with Gasteiger partial charge >= 0.3 is 0 Å². The molecule has 0 fully saturated rings. The molecule has 6 nitrogen and oxygen atoms in total. The van der Waals surface area contributed by atoms with Crippen molar-refractivity contribution in [2.45, 2.75) is 32.6 Å². The minimum absolute atomic E-state index is 0.0215. The normalized spacial score (nSPS) is 10.1. The fourth-order valence-corrected chi connectivity index (χ4v) is 2.60. The molecule has 0 heterocycles. The van der Waals surface area contributed by atoms with Gasteiger partial charge in [-0.25, -0.2) is 5.26 Å². The van der Waals surface area contributed by atoms with Crippen molar-refractivity contribution in [3.05, 3.63) is 60.7 Å². The predicted octanol–water partition coefficient (Wildman–Crippen LogP) is 7.44. The van der Waals surface area contributed by atoms with Crippen LogP contribution < -0.4 is 0 Å². The Labute approximate surface area is 163 Å². The first-order valence-electron chi connectivity index (χ1n) is 8.66. The van der Waals surface area contributed by atoms with E-state index >= 15 is 0 Å². The lowest BCUT2D eigenvalue weighted by atomic mass is 10.1. The van der Waals surface area contributed by atoms with Crippen molar-refractivity contribution in [2.24, 2.45) is 10.2 Å². The zero-order valence-corrected chi connectivity index (χ0v) is 16.6. The number of hydrogen-bond acceptors (Lipinski definition) is 7. The van der Waals surface area contributed by atoms with Gasteiger partial charge in [0.2, 0.25) is 0 Å². The van der Waals surface area contributed by atoms with Gasteiger partial charge in [-0.15, -0.1) is 9.45 Å². The Kier molecular flexibility index (Phi) is 10.7. The Balaban J connectivity index is 0.000000855. The average Bonchev–Trinajstić information content (AvgIpc) is 2.75. The molecule has 0 radical (unpaired) electrons. The molecule has 0 aromatic heterocycles. The van der Waals surface area contributed by atoms with Crippen LogP contribution in [0.5, 0.6) is 5.75 Å². The molecule has 0 atom stereocenters. The number of phenols is 1. The van der Waals surface area contributed by atoms with Crippen molar-refractivity contribution in [2.75, 3.05) is 0 Å². The van der Waals surface area contributed by atoms with E-state index in [1.165, 1.54) is 0 Å². The summed E-state index contributed by atoms with van der Waals surface area (Å²) < 4.78 is 4.48. The Morgan fingerprint density at radius 3 is 2.15 bits per heavy atom. The highest BCUT2D eigenvalue weighted by molar-refractivity contribution is 7.94. The Morgan fingerprint density at radius 2 is 1.48 bits per heavy atom. The second-order valence-corrected chi connectivity index (χ2v) is 5.30. The van der Waals surface area contributed by atoms with Crippen LogP contribution in [0.4, 0.5) is 11.4 Å². The molecule has 3 rings (SSSR count). The molecule has 0 saturated heterocycles. The molecular weight excluding hydrogens is 364 g/mol. The van der Waals surface area contributed by atoms with E-state index < -0.39 is 0 Å². The van der Waals surface area contributed by atoms with Gasteiger partial charge in [0.05, 0.1) is 22.6 Å². The van der Waals surface area contributed by atoms with Gasteiger partial charge in [-0.2, -0.15) is 5.11 Å². The maximum absolute atomic E-state index is 10.5. The zero-order chi connectivity index (χ0) is 20.1. The van der Waals surface area contributed by atoms with Gasteiger partial charge in [0.25, 0.3) is 0 Å². The molecule has 2 N–H and O–H groups in total. The SMILES string of the molecule is CC.CC.OOOSc1cc2ccccc2c(O)c1N=Nc1ccccc1. The summed E-state index contributed by atoms with van der Waals surface area (Å²) in [6.07, 6.45) is 0. The van der Waals surface area contributed by atoms with Gasteiger partial charge in [-0.05, 0) is 23.6 Å². The van der Waals surface area contributed by atoms with Crippen LogP contribution in [0.25, 0.3) is 10.8 Å². The van der Waals surface area contributed by atoms with Crippen molar-refractivity contribution in [3.8, 4) is 5.75 Å². The fraction of sp³-hybridized carbons (Fsp3) is 0.200. The third-order valence-corrected chi connectivity index (χ3v) is 3.76. The van der Waals surface area contributed by atoms with Crippen LogP contribution in [0.15, 0.2) is 75.8 Å². The molecule has 0 unspecified atom stereocenters. The fourth-order valence-electron chi connectivity index (χ4n) is 2.11. The number of nitrogens with zero attached hydrogens (tertiary/aromatic N) is 2. The van der Waals surface area contributed by atoms with Crippen LogP contribution >= 0.6 is 12.0 Å². The number of fused-ring (bicyclic) bond motifs is 1. The molecule has 0 aliphatic rings. The molecule has 7 heteroatoms. The maximum atomic E-state index is 10.5. The molecule has 0 saturated carbocycles. The number of aromatic hydroxyl groups is 1. The van der Waals surface area contributed by atoms with E-state index in [4.69, 9.17) is 5.26 Å². The van der Waals surface area contributed by atoms with Crippen LogP contribution in [-0.4, -0.2) is 10.4 Å². The zero-order valence-electron chi connectivity index (χ0n) is 15.8. The molecule has 0 aliphatic heterocycles. The van der Waals surface area contributed by atoms with Gasteiger partial charge in [-0.1, -0.05) is 75.2 Å². The third-order valence-electron chi connectivity index (χ3n) is 3.14. The maximum Gasteiger partial charge on any atom is 0.152 e. The number of phenolic OH excluding ortho intramolecular Hbond substituents is 1. The molecule has 3 aromatic rings. The molecule has 0 amide bonds. The highest BCUT2D eigenvalue weighted by Gasteiger charge is 2.14. The van der Waals surface area contributed by atoms with Crippen molar-refractivity contribution in [1.82, 2.24) is 0 Å². The summed E-state index contributed by atoms with van der Waals surface area (Å²) in [7, 11) is 0. The van der Waals surface area contributed by atoms with E-state index in [9.17, 15) is 5.11 Å². The first kappa shape index (κ1) is 22.6. The summed E-state index contributed by atoms with van der Waals surface area (Å²) in [5.41, 5.74) is 0.880. The molecule has 27 heavy (non-hydrogen) atoms. The highest BCUT2D eigenvalue weighted by atomic mass is 32.2. The summed E-state index contributed by atoms with van der Waals surface area (Å²) in [6.45, 7) is 8.00. The van der Waals surface area contributed by atoms with Crippen LogP contribution in [0.1, 0.15) is 27.7 Å². The largest absolute Gasteiger partial charge is 0.505 e. The second-order valence-electron chi connectivity index (χ2n) is 4.55. The van der Waals surface area contributed by atoms with Gasteiger partial charge in [0.15, 0.2) is 5.75 Å². The van der Waals surface area contributed by atoms with Gasteiger partial charge in [0.1, 0.15) is 5.69 Å². The second kappa shape index (κ2) is 12.8. The Morgan fingerprint density at radius 1 is 0.852 bits per heavy atom. The summed E-state index contributed by atoms with van der Waals surface area (Å²) >= 11 is 0.725. The molecular formula is C20H24N2O4S. The Hall–Kier alpha value is -2.45. The first-order chi connectivity index (χ1) is 13.3. The van der Waals surface area contributed by atoms with Crippen LogP contribution in [0.3, 0.4) is 0 Å². The average molecular weight is 388 g/mol. The molecule has 0 aliphatic carbocycles. The minimum Gasteiger partial charge on any atom is -0.505 e. The van der Waals surface area contributed by atoms with E-state index in [0.717, 1.165) is 17.4 Å². The number of benzene rings is 3. The summed E-state index contributed by atoms with van der Waals surface area (Å²) in [4.78, 5) is 0.454. The lowest BCUT2D eigenvalue weighted by Crippen LogP contribution is -1.83. The quantitative estimate of drug-likeness (QED) is 0.205. The van der Waals surface area contributed by atoms with Crippen molar-refractivity contribution in [1.29, 1.82) is 0 Å². The summed E-state index contributed by atoms with van der Waals surface area (Å²) in [6, 6.07) is 18.2. The third kappa shape index (κ3) is 6.33. The van der Waals surface area contributed by atoms with E-state index in [1.807, 2.05) is 64.1 Å². The molecule has 0 spiro atoms. The number of azo groups is 1. The molecule has 3 aromatic carbocycles. The monoisotopic (exact) mass is 388 g/mol. The van der Waals surface area contributed by atoms with E-state index in [1.54, 1.807) is 24.3 Å². The molecule has 0 bridgehead atoms. The standard InChI is InChI=1S/C16H12N2O4S.2C2H6/c19-16-13-9-5-4-6-11(13)10-14(23-22-21-20)15(16)18-17-12-7-2-1-3-8-12;2*1-2/h1-10,19-20H;2*1-2H3. The van der Waals surface area contributed by atoms with Gasteiger partial charge < -0.3 is 5.11 Å². The summed E-state index contributed by atoms with van der Waals surface area (Å²) in [5.74, 6) is -0.0215. The van der Waals surface area contributed by atoms with E-state index in [0.29, 0.717) is 16.0 Å². The van der Waals surface area contributed by atoms with E-state index in [2.05, 4.69) is 19.6 Å². The van der Waals surface area contributed by atoms with Crippen molar-refractivity contribution >= 4 is 34.2 Å². The predicted molar refractivity (Wildman–Crippen MR) is 110 cm³/mol. The van der Waals surface area contributed by atoms with Crippen LogP contribution in [0.2, 0.25) is 0 Å². The highest BCUT2D eigenvalue weighted by Crippen LogP contribution is 2.43. The lowest BCUT2D eigenvalue weighted by molar-refractivity contribution is -0.432.